The van der Waals surface area contributed by atoms with Gasteiger partial charge < -0.3 is 24.0 Å². The number of ether oxygens (including phenoxy) is 3. The SMILES string of the molecule is CCOCCCN(CC(=O)N(CCc1ccc(OC)c(OC)c1)Cc1cccs1)C(C)=O. The van der Waals surface area contributed by atoms with Crippen LogP contribution in [0.2, 0.25) is 0 Å². The standard InChI is InChI=1S/C24H34N2O5S/c1-5-31-14-7-12-25(19(2)27)18-24(28)26(17-21-8-6-15-32-21)13-11-20-9-10-22(29-3)23(16-20)30-4/h6,8-10,15-16H,5,7,11-14,17-18H2,1-4H3. The summed E-state index contributed by atoms with van der Waals surface area (Å²) in [5, 5.41) is 2.00. The molecule has 0 aliphatic rings. The van der Waals surface area contributed by atoms with Gasteiger partial charge in [0.05, 0.1) is 27.3 Å². The van der Waals surface area contributed by atoms with E-state index in [0.29, 0.717) is 57.2 Å². The lowest BCUT2D eigenvalue weighted by Gasteiger charge is -2.27. The molecule has 2 aromatic rings. The highest BCUT2D eigenvalue weighted by atomic mass is 32.1. The minimum absolute atomic E-state index is 0.0644. The molecule has 1 aromatic carbocycles. The van der Waals surface area contributed by atoms with Crippen LogP contribution in [0.5, 0.6) is 11.5 Å². The van der Waals surface area contributed by atoms with Gasteiger partial charge in [0, 0.05) is 38.1 Å². The quantitative estimate of drug-likeness (QED) is 0.401. The van der Waals surface area contributed by atoms with Crippen LogP contribution in [0, 0.1) is 0 Å². The highest BCUT2D eigenvalue weighted by Crippen LogP contribution is 2.27. The molecule has 1 aromatic heterocycles. The number of hydrogen-bond donors (Lipinski definition) is 0. The van der Waals surface area contributed by atoms with E-state index in [9.17, 15) is 9.59 Å². The third kappa shape index (κ3) is 8.16. The Kier molecular flexibility index (Phi) is 11.0. The zero-order chi connectivity index (χ0) is 23.3. The molecular formula is C24H34N2O5S. The summed E-state index contributed by atoms with van der Waals surface area (Å²) in [6, 6.07) is 9.78. The van der Waals surface area contributed by atoms with Gasteiger partial charge in [0.1, 0.15) is 0 Å². The van der Waals surface area contributed by atoms with Crippen LogP contribution in [0.15, 0.2) is 35.7 Å². The van der Waals surface area contributed by atoms with Crippen molar-refractivity contribution in [2.75, 3.05) is 47.1 Å². The molecule has 0 N–H and O–H groups in total. The summed E-state index contributed by atoms with van der Waals surface area (Å²) < 4.78 is 16.1. The van der Waals surface area contributed by atoms with Crippen molar-refractivity contribution < 1.29 is 23.8 Å². The number of thiophene rings is 1. The van der Waals surface area contributed by atoms with Crippen LogP contribution in [-0.4, -0.2) is 68.7 Å². The zero-order valence-electron chi connectivity index (χ0n) is 19.5. The van der Waals surface area contributed by atoms with Gasteiger partial charge in [0.15, 0.2) is 11.5 Å². The molecule has 2 rings (SSSR count). The van der Waals surface area contributed by atoms with Crippen molar-refractivity contribution in [3.8, 4) is 11.5 Å². The van der Waals surface area contributed by atoms with Gasteiger partial charge in [-0.2, -0.15) is 0 Å². The Morgan fingerprint density at radius 1 is 1.03 bits per heavy atom. The van der Waals surface area contributed by atoms with E-state index in [0.717, 1.165) is 10.4 Å². The Morgan fingerprint density at radius 3 is 2.44 bits per heavy atom. The summed E-state index contributed by atoms with van der Waals surface area (Å²) in [4.78, 5) is 29.8. The Morgan fingerprint density at radius 2 is 1.81 bits per heavy atom. The van der Waals surface area contributed by atoms with Crippen molar-refractivity contribution in [1.82, 2.24) is 9.80 Å². The average Bonchev–Trinajstić information content (AvgIpc) is 3.31. The number of nitrogens with zero attached hydrogens (tertiary/aromatic N) is 2. The van der Waals surface area contributed by atoms with Crippen LogP contribution in [0.1, 0.15) is 30.7 Å². The number of carbonyl (C=O) groups is 2. The monoisotopic (exact) mass is 462 g/mol. The lowest BCUT2D eigenvalue weighted by atomic mass is 10.1. The summed E-state index contributed by atoms with van der Waals surface area (Å²) in [6.45, 7) is 6.29. The molecular weight excluding hydrogens is 428 g/mol. The van der Waals surface area contributed by atoms with Gasteiger partial charge in [0.25, 0.3) is 0 Å². The van der Waals surface area contributed by atoms with Gasteiger partial charge in [-0.3, -0.25) is 9.59 Å². The average molecular weight is 463 g/mol. The third-order valence-electron chi connectivity index (χ3n) is 5.09. The second-order valence-electron chi connectivity index (χ2n) is 7.33. The van der Waals surface area contributed by atoms with E-state index in [1.54, 1.807) is 30.5 Å². The molecule has 0 atom stereocenters. The van der Waals surface area contributed by atoms with Crippen LogP contribution < -0.4 is 9.47 Å². The molecule has 0 saturated heterocycles. The Bertz CT molecular complexity index is 841. The molecule has 0 unspecified atom stereocenters. The molecule has 1 heterocycles. The van der Waals surface area contributed by atoms with Gasteiger partial charge in [-0.05, 0) is 48.9 Å². The summed E-state index contributed by atoms with van der Waals surface area (Å²) in [7, 11) is 3.21. The molecule has 0 spiro atoms. The van der Waals surface area contributed by atoms with Crippen molar-refractivity contribution >= 4 is 23.2 Å². The maximum Gasteiger partial charge on any atom is 0.242 e. The molecule has 7 nitrogen and oxygen atoms in total. The zero-order valence-corrected chi connectivity index (χ0v) is 20.3. The maximum atomic E-state index is 13.2. The second kappa shape index (κ2) is 13.8. The van der Waals surface area contributed by atoms with E-state index in [2.05, 4.69) is 0 Å². The number of amides is 2. The Labute approximate surface area is 194 Å². The van der Waals surface area contributed by atoms with Gasteiger partial charge >= 0.3 is 0 Å². The highest BCUT2D eigenvalue weighted by molar-refractivity contribution is 7.09. The second-order valence-corrected chi connectivity index (χ2v) is 8.36. The van der Waals surface area contributed by atoms with Crippen LogP contribution in [-0.2, 0) is 27.3 Å². The third-order valence-corrected chi connectivity index (χ3v) is 5.95. The number of hydrogen-bond acceptors (Lipinski definition) is 6. The van der Waals surface area contributed by atoms with Crippen LogP contribution in [0.25, 0.3) is 0 Å². The van der Waals surface area contributed by atoms with Crippen molar-refractivity contribution in [3.05, 3.63) is 46.2 Å². The van der Waals surface area contributed by atoms with E-state index < -0.39 is 0 Å². The molecule has 8 heteroatoms. The van der Waals surface area contributed by atoms with Gasteiger partial charge in [0.2, 0.25) is 11.8 Å². The molecule has 176 valence electrons. The predicted octanol–water partition coefficient (Wildman–Crippen LogP) is 3.61. The Balaban J connectivity index is 2.06. The van der Waals surface area contributed by atoms with E-state index in [-0.39, 0.29) is 18.4 Å². The summed E-state index contributed by atoms with van der Waals surface area (Å²) in [5.74, 6) is 1.17. The first-order chi connectivity index (χ1) is 15.5. The van der Waals surface area contributed by atoms with Crippen molar-refractivity contribution in [3.63, 3.8) is 0 Å². The fraction of sp³-hybridized carbons (Fsp3) is 0.500. The largest absolute Gasteiger partial charge is 0.493 e. The lowest BCUT2D eigenvalue weighted by molar-refractivity contribution is -0.140. The molecule has 0 aliphatic carbocycles. The minimum atomic E-state index is -0.106. The summed E-state index contributed by atoms with van der Waals surface area (Å²) in [6.07, 6.45) is 1.37. The number of rotatable bonds is 14. The first-order valence-electron chi connectivity index (χ1n) is 10.8. The number of benzene rings is 1. The summed E-state index contributed by atoms with van der Waals surface area (Å²) in [5.41, 5.74) is 1.05. The van der Waals surface area contributed by atoms with Crippen LogP contribution >= 0.6 is 11.3 Å². The number of carbonyl (C=O) groups excluding carboxylic acids is 2. The molecule has 0 radical (unpaired) electrons. The van der Waals surface area contributed by atoms with E-state index in [1.807, 2.05) is 47.5 Å². The van der Waals surface area contributed by atoms with Crippen LogP contribution in [0.4, 0.5) is 0 Å². The minimum Gasteiger partial charge on any atom is -0.493 e. The normalized spacial score (nSPS) is 10.6. The molecule has 0 saturated carbocycles. The van der Waals surface area contributed by atoms with Crippen LogP contribution in [0.3, 0.4) is 0 Å². The van der Waals surface area contributed by atoms with Gasteiger partial charge in [-0.25, -0.2) is 0 Å². The fourth-order valence-electron chi connectivity index (χ4n) is 3.30. The van der Waals surface area contributed by atoms with Gasteiger partial charge in [-0.15, -0.1) is 11.3 Å². The van der Waals surface area contributed by atoms with E-state index in [1.165, 1.54) is 6.92 Å². The fourth-order valence-corrected chi connectivity index (χ4v) is 4.02. The maximum absolute atomic E-state index is 13.2. The molecule has 0 aliphatic heterocycles. The van der Waals surface area contributed by atoms with E-state index in [4.69, 9.17) is 14.2 Å². The Hall–Kier alpha value is -2.58. The van der Waals surface area contributed by atoms with Crippen molar-refractivity contribution in [1.29, 1.82) is 0 Å². The predicted molar refractivity (Wildman–Crippen MR) is 126 cm³/mol. The van der Waals surface area contributed by atoms with E-state index >= 15 is 0 Å². The topological polar surface area (TPSA) is 68.3 Å². The molecule has 0 bridgehead atoms. The van der Waals surface area contributed by atoms with Crippen molar-refractivity contribution in [2.24, 2.45) is 0 Å². The van der Waals surface area contributed by atoms with Gasteiger partial charge in [-0.1, -0.05) is 12.1 Å². The highest BCUT2D eigenvalue weighted by Gasteiger charge is 2.20. The lowest BCUT2D eigenvalue weighted by Crippen LogP contribution is -2.43. The van der Waals surface area contributed by atoms with Crippen molar-refractivity contribution in [2.45, 2.75) is 33.2 Å². The molecule has 32 heavy (non-hydrogen) atoms. The first kappa shape index (κ1) is 25.7. The molecule has 2 amide bonds. The first-order valence-corrected chi connectivity index (χ1v) is 11.7. The number of methoxy groups -OCH3 is 2. The smallest absolute Gasteiger partial charge is 0.242 e. The summed E-state index contributed by atoms with van der Waals surface area (Å²) >= 11 is 1.62. The molecule has 0 fully saturated rings.